The molecule has 0 saturated carbocycles. The van der Waals surface area contributed by atoms with Gasteiger partial charge in [-0.2, -0.15) is 0 Å². The molecule has 2 aromatic heterocycles. The summed E-state index contributed by atoms with van der Waals surface area (Å²) in [5.41, 5.74) is 1.11. The molecule has 2 aliphatic rings. The Morgan fingerprint density at radius 3 is 3.10 bits per heavy atom. The highest BCUT2D eigenvalue weighted by atomic mass is 16.5. The van der Waals surface area contributed by atoms with E-state index in [0.717, 1.165) is 48.9 Å². The van der Waals surface area contributed by atoms with Crippen LogP contribution in [0.15, 0.2) is 34.9 Å². The van der Waals surface area contributed by atoms with Crippen LogP contribution >= 0.6 is 0 Å². The van der Waals surface area contributed by atoms with Crippen LogP contribution in [0.5, 0.6) is 5.75 Å². The van der Waals surface area contributed by atoms with Crippen molar-refractivity contribution in [2.45, 2.75) is 32.0 Å². The number of hydrogen-bond acceptors (Lipinski definition) is 7. The maximum atomic E-state index is 13.2. The molecule has 1 amide bonds. The lowest BCUT2D eigenvalue weighted by Gasteiger charge is -2.25. The van der Waals surface area contributed by atoms with E-state index in [1.54, 1.807) is 13.2 Å². The van der Waals surface area contributed by atoms with E-state index in [2.05, 4.69) is 25.2 Å². The molecule has 5 rings (SSSR count). The first-order valence-corrected chi connectivity index (χ1v) is 9.79. The number of fused-ring (bicyclic) bond motifs is 1. The SMILES string of the molecule is COc1cccc(-c2cc(C(=O)N3CCCC3c3nnc4n3CCNC4)no2)c1. The maximum Gasteiger partial charge on any atom is 0.276 e. The summed E-state index contributed by atoms with van der Waals surface area (Å²) in [4.78, 5) is 15.0. The predicted octanol–water partition coefficient (Wildman–Crippen LogP) is 2.02. The van der Waals surface area contributed by atoms with Gasteiger partial charge in [-0.1, -0.05) is 17.3 Å². The first-order valence-electron chi connectivity index (χ1n) is 9.79. The Morgan fingerprint density at radius 2 is 2.21 bits per heavy atom. The molecular weight excluding hydrogens is 372 g/mol. The molecule has 1 saturated heterocycles. The summed E-state index contributed by atoms with van der Waals surface area (Å²) in [6, 6.07) is 9.08. The van der Waals surface area contributed by atoms with Crippen molar-refractivity contribution >= 4 is 5.91 Å². The molecule has 0 bridgehead atoms. The number of nitrogens with one attached hydrogen (secondary N) is 1. The summed E-state index contributed by atoms with van der Waals surface area (Å²) >= 11 is 0. The number of hydrogen-bond donors (Lipinski definition) is 1. The lowest BCUT2D eigenvalue weighted by atomic mass is 10.1. The number of likely N-dealkylation sites (tertiary alicyclic amines) is 1. The molecule has 1 N–H and O–H groups in total. The topological polar surface area (TPSA) is 98.3 Å². The van der Waals surface area contributed by atoms with Crippen LogP contribution in [-0.2, 0) is 13.1 Å². The van der Waals surface area contributed by atoms with Gasteiger partial charge >= 0.3 is 0 Å². The van der Waals surface area contributed by atoms with Gasteiger partial charge < -0.3 is 24.0 Å². The van der Waals surface area contributed by atoms with E-state index in [4.69, 9.17) is 9.26 Å². The Hall–Kier alpha value is -3.20. The van der Waals surface area contributed by atoms with Gasteiger partial charge in [0.2, 0.25) is 0 Å². The van der Waals surface area contributed by atoms with Crippen LogP contribution in [0.3, 0.4) is 0 Å². The Kier molecular flexibility index (Phi) is 4.51. The smallest absolute Gasteiger partial charge is 0.276 e. The Labute approximate surface area is 167 Å². The number of aromatic nitrogens is 4. The van der Waals surface area contributed by atoms with Crippen molar-refractivity contribution in [3.63, 3.8) is 0 Å². The molecule has 1 unspecified atom stereocenters. The number of ether oxygens (including phenoxy) is 1. The molecule has 9 nitrogen and oxygen atoms in total. The highest BCUT2D eigenvalue weighted by Crippen LogP contribution is 2.33. The average Bonchev–Trinajstić information content (AvgIpc) is 3.52. The van der Waals surface area contributed by atoms with Crippen LogP contribution in [0.2, 0.25) is 0 Å². The van der Waals surface area contributed by atoms with Gasteiger partial charge in [-0.05, 0) is 25.0 Å². The van der Waals surface area contributed by atoms with Crippen molar-refractivity contribution in [2.75, 3.05) is 20.2 Å². The number of rotatable bonds is 4. The van der Waals surface area contributed by atoms with E-state index in [1.165, 1.54) is 0 Å². The fourth-order valence-corrected chi connectivity index (χ4v) is 4.07. The van der Waals surface area contributed by atoms with Crippen molar-refractivity contribution in [1.29, 1.82) is 0 Å². The van der Waals surface area contributed by atoms with Crippen molar-refractivity contribution in [1.82, 2.24) is 30.1 Å². The van der Waals surface area contributed by atoms with Gasteiger partial charge in [0.25, 0.3) is 5.91 Å². The lowest BCUT2D eigenvalue weighted by Crippen LogP contribution is -2.34. The molecule has 3 aromatic rings. The third kappa shape index (κ3) is 3.17. The maximum absolute atomic E-state index is 13.2. The fourth-order valence-electron chi connectivity index (χ4n) is 4.07. The highest BCUT2D eigenvalue weighted by Gasteiger charge is 2.36. The highest BCUT2D eigenvalue weighted by molar-refractivity contribution is 5.93. The minimum absolute atomic E-state index is 0.0844. The van der Waals surface area contributed by atoms with Gasteiger partial charge in [0.05, 0.1) is 19.7 Å². The van der Waals surface area contributed by atoms with Crippen LogP contribution in [0, 0.1) is 0 Å². The number of methoxy groups -OCH3 is 1. The third-order valence-electron chi connectivity index (χ3n) is 5.55. The van der Waals surface area contributed by atoms with E-state index in [-0.39, 0.29) is 11.9 Å². The average molecular weight is 394 g/mol. The van der Waals surface area contributed by atoms with Crippen LogP contribution in [-0.4, -0.2) is 50.9 Å². The molecule has 0 spiro atoms. The van der Waals surface area contributed by atoms with Crippen molar-refractivity contribution in [3.8, 4) is 17.1 Å². The monoisotopic (exact) mass is 394 g/mol. The van der Waals surface area contributed by atoms with E-state index < -0.39 is 0 Å². The molecule has 0 radical (unpaired) electrons. The van der Waals surface area contributed by atoms with Gasteiger partial charge in [-0.25, -0.2) is 0 Å². The van der Waals surface area contributed by atoms with E-state index in [9.17, 15) is 4.79 Å². The number of carbonyl (C=O) groups is 1. The fraction of sp³-hybridized carbons (Fsp3) is 0.400. The van der Waals surface area contributed by atoms with Crippen LogP contribution in [0.1, 0.15) is 41.0 Å². The normalized spacial score (nSPS) is 18.7. The zero-order chi connectivity index (χ0) is 19.8. The summed E-state index contributed by atoms with van der Waals surface area (Å²) in [6.45, 7) is 3.08. The molecule has 1 aromatic carbocycles. The van der Waals surface area contributed by atoms with Crippen molar-refractivity contribution in [3.05, 3.63) is 47.7 Å². The molecule has 29 heavy (non-hydrogen) atoms. The predicted molar refractivity (Wildman–Crippen MR) is 103 cm³/mol. The van der Waals surface area contributed by atoms with Crippen molar-refractivity contribution < 1.29 is 14.1 Å². The van der Waals surface area contributed by atoms with Crippen molar-refractivity contribution in [2.24, 2.45) is 0 Å². The quantitative estimate of drug-likeness (QED) is 0.723. The van der Waals surface area contributed by atoms with Crippen LogP contribution in [0.4, 0.5) is 0 Å². The standard InChI is InChI=1S/C20H22N6O3/c1-28-14-5-2-4-13(10-14)17-11-15(24-29-17)20(27)25-8-3-6-16(25)19-23-22-18-12-21-7-9-26(18)19/h2,4-5,10-11,16,21H,3,6-9,12H2,1H3. The Balaban J connectivity index is 1.40. The summed E-state index contributed by atoms with van der Waals surface area (Å²) in [5.74, 6) is 2.90. The molecule has 4 heterocycles. The molecule has 1 fully saturated rings. The number of carbonyl (C=O) groups excluding carboxylic acids is 1. The molecule has 0 aliphatic carbocycles. The van der Waals surface area contributed by atoms with E-state index in [0.29, 0.717) is 24.5 Å². The van der Waals surface area contributed by atoms with Gasteiger partial charge in [0.1, 0.15) is 11.6 Å². The third-order valence-corrected chi connectivity index (χ3v) is 5.55. The minimum atomic E-state index is -0.142. The van der Waals surface area contributed by atoms with E-state index in [1.807, 2.05) is 29.2 Å². The second kappa shape index (κ2) is 7.32. The number of nitrogens with zero attached hydrogens (tertiary/aromatic N) is 5. The first kappa shape index (κ1) is 17.9. The minimum Gasteiger partial charge on any atom is -0.497 e. The van der Waals surface area contributed by atoms with Gasteiger partial charge in [-0.15, -0.1) is 10.2 Å². The number of benzene rings is 1. The molecular formula is C20H22N6O3. The van der Waals surface area contributed by atoms with Gasteiger partial charge in [0.15, 0.2) is 17.3 Å². The summed E-state index contributed by atoms with van der Waals surface area (Å²) in [6.07, 6.45) is 1.80. The Bertz CT molecular complexity index is 1040. The van der Waals surface area contributed by atoms with Gasteiger partial charge in [0, 0.05) is 31.3 Å². The Morgan fingerprint density at radius 1 is 1.28 bits per heavy atom. The van der Waals surface area contributed by atoms with E-state index >= 15 is 0 Å². The molecule has 9 heteroatoms. The summed E-state index contributed by atoms with van der Waals surface area (Å²) in [5, 5.41) is 16.0. The molecule has 150 valence electrons. The van der Waals surface area contributed by atoms with Crippen LogP contribution in [0.25, 0.3) is 11.3 Å². The molecule has 1 atom stereocenters. The van der Waals surface area contributed by atoms with Gasteiger partial charge in [-0.3, -0.25) is 4.79 Å². The summed E-state index contributed by atoms with van der Waals surface area (Å²) in [7, 11) is 1.61. The first-order chi connectivity index (χ1) is 14.2. The largest absolute Gasteiger partial charge is 0.497 e. The second-order valence-electron chi connectivity index (χ2n) is 7.27. The zero-order valence-electron chi connectivity index (χ0n) is 16.2. The molecule has 2 aliphatic heterocycles. The lowest BCUT2D eigenvalue weighted by molar-refractivity contribution is 0.0716. The summed E-state index contributed by atoms with van der Waals surface area (Å²) < 4.78 is 12.8. The zero-order valence-corrected chi connectivity index (χ0v) is 16.2. The second-order valence-corrected chi connectivity index (χ2v) is 7.27. The van der Waals surface area contributed by atoms with Crippen LogP contribution < -0.4 is 10.1 Å². The number of amides is 1.